The fourth-order valence-electron chi connectivity index (χ4n) is 2.46. The highest BCUT2D eigenvalue weighted by atomic mass is 32.1. The van der Waals surface area contributed by atoms with Crippen molar-refractivity contribution in [2.45, 2.75) is 19.9 Å². The van der Waals surface area contributed by atoms with Crippen molar-refractivity contribution in [1.29, 1.82) is 0 Å². The fraction of sp³-hybridized carbons (Fsp3) is 0.235. The smallest absolute Gasteiger partial charge is 0.278 e. The van der Waals surface area contributed by atoms with Gasteiger partial charge in [-0.1, -0.05) is 25.1 Å². The Morgan fingerprint density at radius 2 is 2.17 bits per heavy atom. The molecule has 0 unspecified atom stereocenters. The van der Waals surface area contributed by atoms with Crippen molar-refractivity contribution in [3.05, 3.63) is 58.3 Å². The molecule has 0 saturated carbocycles. The van der Waals surface area contributed by atoms with Gasteiger partial charge < -0.3 is 10.0 Å². The third-order valence-corrected chi connectivity index (χ3v) is 4.48. The number of aryl methyl sites for hydroxylation is 1. The number of benzene rings is 1. The van der Waals surface area contributed by atoms with Crippen LogP contribution >= 0.6 is 11.3 Å². The topological polar surface area (TPSA) is 71.2 Å². The van der Waals surface area contributed by atoms with Gasteiger partial charge in [0.1, 0.15) is 5.01 Å². The number of nitrogens with zero attached hydrogens (tertiary/aromatic N) is 4. The molecule has 0 aliphatic carbocycles. The largest absolute Gasteiger partial charge is 0.504 e. The predicted octanol–water partition coefficient (Wildman–Crippen LogP) is 2.87. The van der Waals surface area contributed by atoms with Crippen LogP contribution in [0.2, 0.25) is 0 Å². The highest BCUT2D eigenvalue weighted by Crippen LogP contribution is 2.22. The normalized spacial score (nSPS) is 10.8. The van der Waals surface area contributed by atoms with E-state index in [0.29, 0.717) is 6.54 Å². The molecule has 6 nitrogen and oxygen atoms in total. The molecule has 0 aliphatic rings. The number of carbonyl (C=O) groups is 1. The van der Waals surface area contributed by atoms with Crippen molar-refractivity contribution in [3.63, 3.8) is 0 Å². The summed E-state index contributed by atoms with van der Waals surface area (Å²) < 4.78 is 1.55. The molecule has 24 heavy (non-hydrogen) atoms. The van der Waals surface area contributed by atoms with Crippen LogP contribution in [0, 0.1) is 0 Å². The number of aromatic hydroxyl groups is 1. The summed E-state index contributed by atoms with van der Waals surface area (Å²) in [4.78, 5) is 18.2. The van der Waals surface area contributed by atoms with E-state index in [4.69, 9.17) is 0 Å². The highest BCUT2D eigenvalue weighted by molar-refractivity contribution is 7.09. The van der Waals surface area contributed by atoms with E-state index in [9.17, 15) is 9.90 Å². The molecule has 2 heterocycles. The van der Waals surface area contributed by atoms with Crippen molar-refractivity contribution < 1.29 is 9.90 Å². The second kappa shape index (κ2) is 6.84. The zero-order valence-electron chi connectivity index (χ0n) is 13.5. The minimum Gasteiger partial charge on any atom is -0.504 e. The Kier molecular flexibility index (Phi) is 4.61. The van der Waals surface area contributed by atoms with Gasteiger partial charge in [-0.25, -0.2) is 9.67 Å². The van der Waals surface area contributed by atoms with E-state index in [0.717, 1.165) is 22.7 Å². The zero-order chi connectivity index (χ0) is 17.1. The number of hydrogen-bond donors (Lipinski definition) is 1. The maximum atomic E-state index is 12.6. The molecule has 1 aromatic carbocycles. The third-order valence-electron chi connectivity index (χ3n) is 3.72. The van der Waals surface area contributed by atoms with Crippen LogP contribution in [0.15, 0.2) is 42.0 Å². The summed E-state index contributed by atoms with van der Waals surface area (Å²) in [6, 6.07) is 7.78. The molecule has 1 N–H and O–H groups in total. The summed E-state index contributed by atoms with van der Waals surface area (Å²) in [5.41, 5.74) is 1.99. The number of rotatable bonds is 5. The van der Waals surface area contributed by atoms with Crippen LogP contribution < -0.4 is 0 Å². The van der Waals surface area contributed by atoms with Gasteiger partial charge in [0.25, 0.3) is 5.91 Å². The van der Waals surface area contributed by atoms with Crippen LogP contribution in [-0.4, -0.2) is 37.7 Å². The average molecular weight is 342 g/mol. The summed E-state index contributed by atoms with van der Waals surface area (Å²) >= 11 is 1.48. The van der Waals surface area contributed by atoms with Gasteiger partial charge >= 0.3 is 0 Å². The summed E-state index contributed by atoms with van der Waals surface area (Å²) in [6.07, 6.45) is 4.01. The maximum absolute atomic E-state index is 12.6. The minimum absolute atomic E-state index is 0.0416. The van der Waals surface area contributed by atoms with E-state index in [-0.39, 0.29) is 17.4 Å². The van der Waals surface area contributed by atoms with E-state index in [1.807, 2.05) is 29.6 Å². The standard InChI is InChI=1S/C17H18N4O2S/c1-3-12-6-4-5-7-13(12)21-10-14(22)16(19-21)17(23)20(2)11-15-18-8-9-24-15/h4-10,22H,3,11H2,1-2H3. The molecule has 0 spiro atoms. The van der Waals surface area contributed by atoms with Gasteiger partial charge in [-0.2, -0.15) is 5.10 Å². The minimum atomic E-state index is -0.338. The molecule has 124 valence electrons. The Hall–Kier alpha value is -2.67. The van der Waals surface area contributed by atoms with E-state index >= 15 is 0 Å². The summed E-state index contributed by atoms with van der Waals surface area (Å²) in [5, 5.41) is 17.2. The zero-order valence-corrected chi connectivity index (χ0v) is 14.3. The molecule has 0 atom stereocenters. The van der Waals surface area contributed by atoms with Crippen molar-refractivity contribution >= 4 is 17.2 Å². The van der Waals surface area contributed by atoms with Gasteiger partial charge in [-0.05, 0) is 18.1 Å². The number of para-hydroxylation sites is 1. The molecule has 0 saturated heterocycles. The van der Waals surface area contributed by atoms with Gasteiger partial charge in [0.15, 0.2) is 11.4 Å². The maximum Gasteiger partial charge on any atom is 0.278 e. The molecular weight excluding hydrogens is 324 g/mol. The molecule has 1 amide bonds. The third kappa shape index (κ3) is 3.16. The first kappa shape index (κ1) is 16.2. The van der Waals surface area contributed by atoms with Crippen molar-refractivity contribution in [2.75, 3.05) is 7.05 Å². The summed E-state index contributed by atoms with van der Waals surface area (Å²) in [5.74, 6) is -0.465. The number of aromatic nitrogens is 3. The number of carbonyl (C=O) groups excluding carboxylic acids is 1. The van der Waals surface area contributed by atoms with Crippen molar-refractivity contribution in [1.82, 2.24) is 19.7 Å². The molecule has 2 aromatic heterocycles. The summed E-state index contributed by atoms with van der Waals surface area (Å²) in [6.45, 7) is 2.43. The first-order chi connectivity index (χ1) is 11.6. The van der Waals surface area contributed by atoms with Gasteiger partial charge in [0.2, 0.25) is 0 Å². The molecule has 0 fully saturated rings. The highest BCUT2D eigenvalue weighted by Gasteiger charge is 2.21. The molecular formula is C17H18N4O2S. The lowest BCUT2D eigenvalue weighted by Gasteiger charge is -2.14. The lowest BCUT2D eigenvalue weighted by Crippen LogP contribution is -2.26. The Balaban J connectivity index is 1.87. The van der Waals surface area contributed by atoms with Gasteiger partial charge in [-0.3, -0.25) is 4.79 Å². The van der Waals surface area contributed by atoms with Crippen molar-refractivity contribution in [2.24, 2.45) is 0 Å². The molecule has 7 heteroatoms. The Labute approximate surface area is 144 Å². The monoisotopic (exact) mass is 342 g/mol. The van der Waals surface area contributed by atoms with Crippen LogP contribution in [0.1, 0.15) is 28.0 Å². The number of amides is 1. The summed E-state index contributed by atoms with van der Waals surface area (Å²) in [7, 11) is 1.67. The first-order valence-electron chi connectivity index (χ1n) is 7.61. The molecule has 0 radical (unpaired) electrons. The second-order valence-electron chi connectivity index (χ2n) is 5.38. The first-order valence-corrected chi connectivity index (χ1v) is 8.49. The average Bonchev–Trinajstić information content (AvgIpc) is 3.23. The molecule has 3 aromatic rings. The second-order valence-corrected chi connectivity index (χ2v) is 6.36. The molecule has 0 aliphatic heterocycles. The van der Waals surface area contributed by atoms with Crippen LogP contribution in [0.5, 0.6) is 5.75 Å². The van der Waals surface area contributed by atoms with Gasteiger partial charge in [0.05, 0.1) is 18.4 Å². The quantitative estimate of drug-likeness (QED) is 0.774. The van der Waals surface area contributed by atoms with Crippen LogP contribution in [0.3, 0.4) is 0 Å². The SMILES string of the molecule is CCc1ccccc1-n1cc(O)c(C(=O)N(C)Cc2nccs2)n1. The van der Waals surface area contributed by atoms with Crippen LogP contribution in [0.25, 0.3) is 5.69 Å². The van der Waals surface area contributed by atoms with Gasteiger partial charge in [0, 0.05) is 18.6 Å². The molecule has 0 bridgehead atoms. The number of hydrogen-bond acceptors (Lipinski definition) is 5. The predicted molar refractivity (Wildman–Crippen MR) is 92.5 cm³/mol. The number of thiazole rings is 1. The Morgan fingerprint density at radius 3 is 2.88 bits per heavy atom. The van der Waals surface area contributed by atoms with Crippen LogP contribution in [0.4, 0.5) is 0 Å². The van der Waals surface area contributed by atoms with Gasteiger partial charge in [-0.15, -0.1) is 11.3 Å². The Morgan fingerprint density at radius 1 is 1.38 bits per heavy atom. The van der Waals surface area contributed by atoms with Crippen molar-refractivity contribution in [3.8, 4) is 11.4 Å². The lowest BCUT2D eigenvalue weighted by molar-refractivity contribution is 0.0775. The van der Waals surface area contributed by atoms with E-state index in [1.54, 1.807) is 17.9 Å². The fourth-order valence-corrected chi connectivity index (χ4v) is 3.13. The molecule has 3 rings (SSSR count). The van der Waals surface area contributed by atoms with E-state index in [2.05, 4.69) is 17.0 Å². The Bertz CT molecular complexity index is 842. The van der Waals surface area contributed by atoms with E-state index in [1.165, 1.54) is 22.4 Å². The van der Waals surface area contributed by atoms with Crippen LogP contribution in [-0.2, 0) is 13.0 Å². The lowest BCUT2D eigenvalue weighted by atomic mass is 10.1. The van der Waals surface area contributed by atoms with E-state index < -0.39 is 0 Å².